The molecule has 2 aliphatic carbocycles. The number of hydrogen-bond donors (Lipinski definition) is 2. The standard InChI is InChI=1S/C13H20N2O/c1-2-7-14-9-13(16)15-8-12(10-3-4-10)11-5-6-11/h1,10-12,14H,3-9H2,(H,15,16). The molecule has 3 nitrogen and oxygen atoms in total. The molecular formula is C13H20N2O. The van der Waals surface area contributed by atoms with Crippen molar-refractivity contribution < 1.29 is 4.79 Å². The molecule has 0 aliphatic heterocycles. The zero-order valence-electron chi connectivity index (χ0n) is 9.67. The second-order valence-corrected chi connectivity index (χ2v) is 4.95. The van der Waals surface area contributed by atoms with Gasteiger partial charge in [-0.2, -0.15) is 0 Å². The predicted molar refractivity (Wildman–Crippen MR) is 63.7 cm³/mol. The van der Waals surface area contributed by atoms with E-state index < -0.39 is 0 Å². The topological polar surface area (TPSA) is 41.1 Å². The number of nitrogens with one attached hydrogen (secondary N) is 2. The van der Waals surface area contributed by atoms with Crippen molar-refractivity contribution in [1.29, 1.82) is 0 Å². The minimum atomic E-state index is 0.0709. The van der Waals surface area contributed by atoms with Crippen LogP contribution in [-0.4, -0.2) is 25.5 Å². The van der Waals surface area contributed by atoms with Crippen molar-refractivity contribution in [2.75, 3.05) is 19.6 Å². The van der Waals surface area contributed by atoms with Crippen LogP contribution >= 0.6 is 0 Å². The SMILES string of the molecule is C#CCNCC(=O)NCC(C1CC1)C1CC1. The van der Waals surface area contributed by atoms with E-state index in [2.05, 4.69) is 16.6 Å². The highest BCUT2D eigenvalue weighted by Gasteiger charge is 2.41. The summed E-state index contributed by atoms with van der Waals surface area (Å²) < 4.78 is 0. The van der Waals surface area contributed by atoms with Crippen LogP contribution in [0.3, 0.4) is 0 Å². The van der Waals surface area contributed by atoms with Gasteiger partial charge >= 0.3 is 0 Å². The van der Waals surface area contributed by atoms with Crippen molar-refractivity contribution in [3.63, 3.8) is 0 Å². The van der Waals surface area contributed by atoms with Gasteiger partial charge in [0, 0.05) is 6.54 Å². The van der Waals surface area contributed by atoms with Crippen LogP contribution in [0.25, 0.3) is 0 Å². The number of hydrogen-bond acceptors (Lipinski definition) is 2. The lowest BCUT2D eigenvalue weighted by Crippen LogP contribution is -2.37. The lowest BCUT2D eigenvalue weighted by molar-refractivity contribution is -0.120. The molecule has 88 valence electrons. The van der Waals surface area contributed by atoms with E-state index in [9.17, 15) is 4.79 Å². The number of carbonyl (C=O) groups is 1. The van der Waals surface area contributed by atoms with Crippen LogP contribution in [0.2, 0.25) is 0 Å². The Bertz CT molecular complexity index is 275. The van der Waals surface area contributed by atoms with Gasteiger partial charge in [-0.15, -0.1) is 6.42 Å². The Kier molecular flexibility index (Phi) is 3.84. The van der Waals surface area contributed by atoms with Crippen LogP contribution in [0.5, 0.6) is 0 Å². The molecule has 2 rings (SSSR count). The Morgan fingerprint density at radius 2 is 1.94 bits per heavy atom. The fourth-order valence-corrected chi connectivity index (χ4v) is 2.31. The number of carbonyl (C=O) groups excluding carboxylic acids is 1. The van der Waals surface area contributed by atoms with Crippen molar-refractivity contribution in [3.8, 4) is 12.3 Å². The lowest BCUT2D eigenvalue weighted by atomic mass is 9.98. The summed E-state index contributed by atoms with van der Waals surface area (Å²) in [4.78, 5) is 11.5. The molecule has 0 bridgehead atoms. The van der Waals surface area contributed by atoms with Crippen LogP contribution in [0, 0.1) is 30.1 Å². The Morgan fingerprint density at radius 1 is 1.31 bits per heavy atom. The summed E-state index contributed by atoms with van der Waals surface area (Å²) >= 11 is 0. The second-order valence-electron chi connectivity index (χ2n) is 4.95. The van der Waals surface area contributed by atoms with Gasteiger partial charge < -0.3 is 5.32 Å². The largest absolute Gasteiger partial charge is 0.355 e. The predicted octanol–water partition coefficient (Wildman–Crippen LogP) is 0.762. The molecule has 2 fully saturated rings. The van der Waals surface area contributed by atoms with Crippen molar-refractivity contribution in [1.82, 2.24) is 10.6 Å². The third-order valence-corrected chi connectivity index (χ3v) is 3.50. The third-order valence-electron chi connectivity index (χ3n) is 3.50. The van der Waals surface area contributed by atoms with Gasteiger partial charge in [-0.05, 0) is 43.4 Å². The summed E-state index contributed by atoms with van der Waals surface area (Å²) in [5.41, 5.74) is 0. The van der Waals surface area contributed by atoms with Crippen molar-refractivity contribution in [2.24, 2.45) is 17.8 Å². The highest BCUT2D eigenvalue weighted by Crippen LogP contribution is 2.48. The first-order valence-electron chi connectivity index (χ1n) is 6.22. The smallest absolute Gasteiger partial charge is 0.233 e. The van der Waals surface area contributed by atoms with Crippen LogP contribution in [0.1, 0.15) is 25.7 Å². The van der Waals surface area contributed by atoms with E-state index in [-0.39, 0.29) is 5.91 Å². The first kappa shape index (κ1) is 11.5. The van der Waals surface area contributed by atoms with E-state index in [0.717, 1.165) is 24.3 Å². The Morgan fingerprint density at radius 3 is 2.44 bits per heavy atom. The van der Waals surface area contributed by atoms with E-state index >= 15 is 0 Å². The van der Waals surface area contributed by atoms with Gasteiger partial charge in [-0.25, -0.2) is 0 Å². The Hall–Kier alpha value is -1.01. The molecule has 0 aromatic carbocycles. The molecule has 2 saturated carbocycles. The van der Waals surface area contributed by atoms with Crippen molar-refractivity contribution in [3.05, 3.63) is 0 Å². The summed E-state index contributed by atoms with van der Waals surface area (Å²) in [6.07, 6.45) is 10.6. The monoisotopic (exact) mass is 220 g/mol. The average molecular weight is 220 g/mol. The minimum absolute atomic E-state index is 0.0709. The molecule has 0 heterocycles. The first-order valence-corrected chi connectivity index (χ1v) is 6.22. The Labute approximate surface area is 97.4 Å². The van der Waals surface area contributed by atoms with Crippen LogP contribution in [-0.2, 0) is 4.79 Å². The molecule has 3 heteroatoms. The zero-order valence-corrected chi connectivity index (χ0v) is 9.67. The molecule has 0 radical (unpaired) electrons. The van der Waals surface area contributed by atoms with Gasteiger partial charge in [-0.3, -0.25) is 10.1 Å². The van der Waals surface area contributed by atoms with E-state index in [4.69, 9.17) is 6.42 Å². The highest BCUT2D eigenvalue weighted by molar-refractivity contribution is 5.78. The fraction of sp³-hybridized carbons (Fsp3) is 0.769. The molecule has 0 saturated heterocycles. The van der Waals surface area contributed by atoms with Gasteiger partial charge in [0.25, 0.3) is 0 Å². The molecule has 0 aromatic rings. The second kappa shape index (κ2) is 5.36. The quantitative estimate of drug-likeness (QED) is 0.491. The van der Waals surface area contributed by atoms with Gasteiger partial charge in [0.05, 0.1) is 13.1 Å². The van der Waals surface area contributed by atoms with Crippen LogP contribution < -0.4 is 10.6 Å². The average Bonchev–Trinajstić information content (AvgIpc) is 3.13. The molecule has 0 atom stereocenters. The summed E-state index contributed by atoms with van der Waals surface area (Å²) in [5.74, 6) is 5.06. The third kappa shape index (κ3) is 3.53. The Balaban J connectivity index is 1.61. The molecule has 0 unspecified atom stereocenters. The lowest BCUT2D eigenvalue weighted by Gasteiger charge is -2.16. The van der Waals surface area contributed by atoms with Crippen molar-refractivity contribution in [2.45, 2.75) is 25.7 Å². The minimum Gasteiger partial charge on any atom is -0.355 e. The van der Waals surface area contributed by atoms with Gasteiger partial charge in [0.15, 0.2) is 0 Å². The van der Waals surface area contributed by atoms with Gasteiger partial charge in [0.2, 0.25) is 5.91 Å². The van der Waals surface area contributed by atoms with Crippen molar-refractivity contribution >= 4 is 5.91 Å². The maximum atomic E-state index is 11.5. The van der Waals surface area contributed by atoms with E-state index in [1.807, 2.05) is 0 Å². The van der Waals surface area contributed by atoms with Crippen LogP contribution in [0.15, 0.2) is 0 Å². The first-order chi connectivity index (χ1) is 7.81. The van der Waals surface area contributed by atoms with E-state index in [1.54, 1.807) is 0 Å². The molecule has 2 aliphatic rings. The summed E-state index contributed by atoms with van der Waals surface area (Å²) in [7, 11) is 0. The summed E-state index contributed by atoms with van der Waals surface area (Å²) in [6.45, 7) is 1.67. The van der Waals surface area contributed by atoms with Gasteiger partial charge in [-0.1, -0.05) is 5.92 Å². The molecule has 2 N–H and O–H groups in total. The molecule has 16 heavy (non-hydrogen) atoms. The van der Waals surface area contributed by atoms with E-state index in [0.29, 0.717) is 13.1 Å². The summed E-state index contributed by atoms with van der Waals surface area (Å²) in [6, 6.07) is 0. The zero-order chi connectivity index (χ0) is 11.4. The number of terminal acetylenes is 1. The van der Waals surface area contributed by atoms with Crippen LogP contribution in [0.4, 0.5) is 0 Å². The molecule has 0 aromatic heterocycles. The molecule has 0 spiro atoms. The van der Waals surface area contributed by atoms with E-state index in [1.165, 1.54) is 25.7 Å². The highest BCUT2D eigenvalue weighted by atomic mass is 16.1. The molecular weight excluding hydrogens is 200 g/mol. The fourth-order valence-electron chi connectivity index (χ4n) is 2.31. The van der Waals surface area contributed by atoms with Gasteiger partial charge in [0.1, 0.15) is 0 Å². The summed E-state index contributed by atoms with van der Waals surface area (Å²) in [5, 5.41) is 5.91. The maximum Gasteiger partial charge on any atom is 0.233 e. The molecule has 1 amide bonds. The maximum absolute atomic E-state index is 11.5. The normalized spacial score (nSPS) is 19.5. The number of rotatable bonds is 7. The number of amides is 1.